The van der Waals surface area contributed by atoms with Crippen LogP contribution in [0, 0.1) is 15.9 Å². The van der Waals surface area contributed by atoms with Gasteiger partial charge in [0.15, 0.2) is 15.4 Å². The summed E-state index contributed by atoms with van der Waals surface area (Å²) in [6.45, 7) is 1.56. The van der Waals surface area contributed by atoms with E-state index in [-0.39, 0.29) is 33.7 Å². The van der Waals surface area contributed by atoms with Gasteiger partial charge in [0.2, 0.25) is 11.6 Å². The van der Waals surface area contributed by atoms with Crippen molar-refractivity contribution < 1.29 is 26.9 Å². The molecular weight excluding hydrogens is 451 g/mol. The molecule has 0 aliphatic rings. The van der Waals surface area contributed by atoms with E-state index in [9.17, 15) is 22.9 Å². The zero-order valence-electron chi connectivity index (χ0n) is 17.3. The first kappa shape index (κ1) is 22.2. The number of nitro benzene ring substituents is 1. The van der Waals surface area contributed by atoms with E-state index >= 15 is 0 Å². The number of hydrogen-bond donors (Lipinski definition) is 0. The van der Waals surface area contributed by atoms with Gasteiger partial charge in [-0.1, -0.05) is 13.0 Å². The number of rotatable bonds is 7. The number of sulfone groups is 1. The Hall–Kier alpha value is -4.05. The molecule has 0 aliphatic carbocycles. The molecule has 0 N–H and O–H groups in total. The molecule has 10 heteroatoms. The number of nitro groups is 1. The van der Waals surface area contributed by atoms with Crippen molar-refractivity contribution in [3.63, 3.8) is 0 Å². The summed E-state index contributed by atoms with van der Waals surface area (Å²) in [4.78, 5) is 15.4. The number of halogens is 1. The third-order valence-electron chi connectivity index (χ3n) is 4.75. The van der Waals surface area contributed by atoms with Gasteiger partial charge in [-0.05, 0) is 60.2 Å². The lowest BCUT2D eigenvalue weighted by Gasteiger charge is -2.07. The average Bonchev–Trinajstić information content (AvgIpc) is 3.22. The van der Waals surface area contributed by atoms with Gasteiger partial charge in [-0.15, -0.1) is 0 Å². The maximum Gasteiger partial charge on any atom is 0.312 e. The van der Waals surface area contributed by atoms with E-state index in [0.29, 0.717) is 16.7 Å². The van der Waals surface area contributed by atoms with Crippen LogP contribution >= 0.6 is 0 Å². The Labute approximate surface area is 188 Å². The van der Waals surface area contributed by atoms with E-state index in [2.05, 4.69) is 4.98 Å². The summed E-state index contributed by atoms with van der Waals surface area (Å²) in [6, 6.07) is 13.9. The number of fused-ring (bicyclic) bond motifs is 1. The first-order chi connectivity index (χ1) is 15.7. The zero-order valence-corrected chi connectivity index (χ0v) is 18.1. The van der Waals surface area contributed by atoms with Crippen molar-refractivity contribution >= 4 is 38.8 Å². The Morgan fingerprint density at radius 2 is 1.85 bits per heavy atom. The van der Waals surface area contributed by atoms with Crippen LogP contribution in [0.25, 0.3) is 23.3 Å². The lowest BCUT2D eigenvalue weighted by atomic mass is 10.1. The van der Waals surface area contributed by atoms with Crippen LogP contribution < -0.4 is 4.74 Å². The highest BCUT2D eigenvalue weighted by atomic mass is 32.2. The smallest absolute Gasteiger partial charge is 0.312 e. The van der Waals surface area contributed by atoms with Crippen molar-refractivity contribution in [3.8, 4) is 11.5 Å². The maximum absolute atomic E-state index is 13.1. The summed E-state index contributed by atoms with van der Waals surface area (Å²) >= 11 is 0. The predicted octanol–water partition coefficient (Wildman–Crippen LogP) is 5.63. The van der Waals surface area contributed by atoms with Gasteiger partial charge in [-0.25, -0.2) is 17.8 Å². The molecule has 0 aliphatic heterocycles. The second kappa shape index (κ2) is 8.83. The first-order valence-corrected chi connectivity index (χ1v) is 11.4. The van der Waals surface area contributed by atoms with Crippen molar-refractivity contribution in [3.05, 3.63) is 88.0 Å². The van der Waals surface area contributed by atoms with Crippen LogP contribution in [0.3, 0.4) is 0 Å². The first-order valence-electron chi connectivity index (χ1n) is 9.78. The molecule has 0 amide bonds. The molecule has 1 aromatic heterocycles. The molecule has 3 aromatic carbocycles. The third-order valence-corrected chi connectivity index (χ3v) is 6.49. The molecule has 8 nitrogen and oxygen atoms in total. The molecule has 168 valence electrons. The van der Waals surface area contributed by atoms with Gasteiger partial charge in [0.25, 0.3) is 0 Å². The third kappa shape index (κ3) is 4.90. The van der Waals surface area contributed by atoms with Gasteiger partial charge >= 0.3 is 5.69 Å². The number of nitrogens with zero attached hydrogens (tertiary/aromatic N) is 2. The molecule has 0 unspecified atom stereocenters. The normalized spacial score (nSPS) is 11.8. The van der Waals surface area contributed by atoms with Crippen LogP contribution in [0.4, 0.5) is 10.1 Å². The van der Waals surface area contributed by atoms with Crippen molar-refractivity contribution in [2.45, 2.75) is 11.8 Å². The van der Waals surface area contributed by atoms with Crippen molar-refractivity contribution in [1.82, 2.24) is 4.98 Å². The van der Waals surface area contributed by atoms with Crippen molar-refractivity contribution in [2.24, 2.45) is 0 Å². The number of aromatic nitrogens is 1. The molecule has 0 radical (unpaired) electrons. The molecule has 0 spiro atoms. The Balaban J connectivity index is 1.60. The van der Waals surface area contributed by atoms with Gasteiger partial charge in [0.1, 0.15) is 17.1 Å². The SMILES string of the molecule is CCS(=O)(=O)c1ccc2oc(/C=C/c3ccc(Oc4ccc(F)cc4)c([N+](=O)[O-])c3)nc2c1. The van der Waals surface area contributed by atoms with Crippen molar-refractivity contribution in [2.75, 3.05) is 5.75 Å². The molecule has 4 aromatic rings. The summed E-state index contributed by atoms with van der Waals surface area (Å²) < 4.78 is 48.3. The Morgan fingerprint density at radius 1 is 1.09 bits per heavy atom. The largest absolute Gasteiger partial charge is 0.450 e. The Bertz CT molecular complexity index is 1480. The lowest BCUT2D eigenvalue weighted by molar-refractivity contribution is -0.385. The fraction of sp³-hybridized carbons (Fsp3) is 0.0870. The van der Waals surface area contributed by atoms with Crippen LogP contribution in [-0.4, -0.2) is 24.1 Å². The van der Waals surface area contributed by atoms with Gasteiger partial charge in [0.05, 0.1) is 15.6 Å². The lowest BCUT2D eigenvalue weighted by Crippen LogP contribution is -2.03. The highest BCUT2D eigenvalue weighted by Gasteiger charge is 2.17. The molecule has 0 saturated heterocycles. The Kier molecular flexibility index (Phi) is 5.93. The number of ether oxygens (including phenoxy) is 1. The standard InChI is InChI=1S/C23H17FN2O6S/c1-2-33(29,30)18-9-11-21-19(14-18)25-23(32-21)12-4-15-3-10-22(20(13-15)26(27)28)31-17-7-5-16(24)6-8-17/h3-14H,2H2,1H3/b12-4+. The fourth-order valence-corrected chi connectivity index (χ4v) is 3.92. The van der Waals surface area contributed by atoms with E-state index in [4.69, 9.17) is 9.15 Å². The van der Waals surface area contributed by atoms with E-state index in [1.54, 1.807) is 19.1 Å². The average molecular weight is 468 g/mol. The van der Waals surface area contributed by atoms with Crippen LogP contribution in [0.2, 0.25) is 0 Å². The minimum Gasteiger partial charge on any atom is -0.450 e. The van der Waals surface area contributed by atoms with E-state index in [0.717, 1.165) is 0 Å². The van der Waals surface area contributed by atoms with Crippen LogP contribution in [0.5, 0.6) is 11.5 Å². The van der Waals surface area contributed by atoms with Gasteiger partial charge in [-0.2, -0.15) is 0 Å². The predicted molar refractivity (Wildman–Crippen MR) is 120 cm³/mol. The molecular formula is C23H17FN2O6S. The summed E-state index contributed by atoms with van der Waals surface area (Å²) in [5.41, 5.74) is 1.02. The van der Waals surface area contributed by atoms with Crippen LogP contribution in [0.15, 0.2) is 70.0 Å². The second-order valence-electron chi connectivity index (χ2n) is 6.96. The summed E-state index contributed by atoms with van der Waals surface area (Å²) in [5.74, 6) is 0.0158. The maximum atomic E-state index is 13.1. The number of benzene rings is 3. The van der Waals surface area contributed by atoms with Crippen LogP contribution in [-0.2, 0) is 9.84 Å². The minimum absolute atomic E-state index is 0.00952. The highest BCUT2D eigenvalue weighted by Crippen LogP contribution is 2.33. The molecule has 4 rings (SSSR count). The minimum atomic E-state index is -3.37. The van der Waals surface area contributed by atoms with Crippen LogP contribution in [0.1, 0.15) is 18.4 Å². The van der Waals surface area contributed by atoms with Gasteiger partial charge in [0, 0.05) is 12.1 Å². The molecule has 1 heterocycles. The topological polar surface area (TPSA) is 113 Å². The highest BCUT2D eigenvalue weighted by molar-refractivity contribution is 7.91. The zero-order chi connectivity index (χ0) is 23.6. The fourth-order valence-electron chi connectivity index (χ4n) is 3.02. The monoisotopic (exact) mass is 468 g/mol. The molecule has 33 heavy (non-hydrogen) atoms. The quantitative estimate of drug-likeness (QED) is 0.255. The molecule has 0 fully saturated rings. The molecule has 0 atom stereocenters. The number of hydrogen-bond acceptors (Lipinski definition) is 7. The van der Waals surface area contributed by atoms with Gasteiger partial charge < -0.3 is 9.15 Å². The number of oxazole rings is 1. The molecule has 0 saturated carbocycles. The van der Waals surface area contributed by atoms with Gasteiger partial charge in [-0.3, -0.25) is 10.1 Å². The Morgan fingerprint density at radius 3 is 2.55 bits per heavy atom. The van der Waals surface area contributed by atoms with E-state index in [1.165, 1.54) is 60.7 Å². The summed E-state index contributed by atoms with van der Waals surface area (Å²) in [7, 11) is -3.37. The summed E-state index contributed by atoms with van der Waals surface area (Å²) in [5, 5.41) is 11.5. The summed E-state index contributed by atoms with van der Waals surface area (Å²) in [6.07, 6.45) is 3.09. The van der Waals surface area contributed by atoms with E-state index in [1.807, 2.05) is 0 Å². The van der Waals surface area contributed by atoms with E-state index < -0.39 is 20.6 Å². The second-order valence-corrected chi connectivity index (χ2v) is 9.24. The molecule has 0 bridgehead atoms. The van der Waals surface area contributed by atoms with Crippen molar-refractivity contribution in [1.29, 1.82) is 0 Å².